The highest BCUT2D eigenvalue weighted by Gasteiger charge is 2.09. The number of nitrogens with zero attached hydrogens (tertiary/aromatic N) is 2. The van der Waals surface area contributed by atoms with Gasteiger partial charge in [0.15, 0.2) is 0 Å². The Kier molecular flexibility index (Phi) is 4.21. The van der Waals surface area contributed by atoms with Crippen molar-refractivity contribution in [1.82, 2.24) is 9.80 Å². The maximum absolute atomic E-state index is 2.39. The molecule has 0 radical (unpaired) electrons. The molecule has 0 fully saturated rings. The summed E-state index contributed by atoms with van der Waals surface area (Å²) in [7, 11) is 6.44. The Morgan fingerprint density at radius 3 is 2.50 bits per heavy atom. The SMILES string of the molecule is CC1=C(N(C)CCN(C)C)CCC=C1. The van der Waals surface area contributed by atoms with E-state index in [4.69, 9.17) is 0 Å². The van der Waals surface area contributed by atoms with Gasteiger partial charge in [0.25, 0.3) is 0 Å². The monoisotopic (exact) mass is 194 g/mol. The summed E-state index contributed by atoms with van der Waals surface area (Å²) in [5.74, 6) is 0. The van der Waals surface area contributed by atoms with Crippen LogP contribution in [0.2, 0.25) is 0 Å². The molecule has 0 spiro atoms. The lowest BCUT2D eigenvalue weighted by molar-refractivity contribution is 0.317. The van der Waals surface area contributed by atoms with Crippen LogP contribution < -0.4 is 0 Å². The first kappa shape index (κ1) is 11.3. The third-order valence-corrected chi connectivity index (χ3v) is 2.71. The van der Waals surface area contributed by atoms with Gasteiger partial charge < -0.3 is 9.80 Å². The van der Waals surface area contributed by atoms with Crippen molar-refractivity contribution in [3.8, 4) is 0 Å². The molecule has 80 valence electrons. The summed E-state index contributed by atoms with van der Waals surface area (Å²) in [4.78, 5) is 4.61. The normalized spacial score (nSPS) is 16.6. The van der Waals surface area contributed by atoms with Crippen LogP contribution in [0.25, 0.3) is 0 Å². The molecule has 0 aliphatic heterocycles. The lowest BCUT2D eigenvalue weighted by Gasteiger charge is -2.27. The minimum Gasteiger partial charge on any atom is -0.376 e. The predicted octanol–water partition coefficient (Wildman–Crippen LogP) is 2.10. The maximum Gasteiger partial charge on any atom is 0.0299 e. The molecule has 1 aliphatic rings. The van der Waals surface area contributed by atoms with Crippen molar-refractivity contribution in [1.29, 1.82) is 0 Å². The molecule has 0 atom stereocenters. The van der Waals surface area contributed by atoms with Crippen molar-refractivity contribution in [3.63, 3.8) is 0 Å². The molecule has 0 saturated carbocycles. The number of rotatable bonds is 4. The average Bonchev–Trinajstić information content (AvgIpc) is 2.15. The molecule has 0 saturated heterocycles. The molecule has 0 N–H and O–H groups in total. The van der Waals surface area contributed by atoms with Crippen molar-refractivity contribution >= 4 is 0 Å². The first-order valence-corrected chi connectivity index (χ1v) is 5.33. The average molecular weight is 194 g/mol. The van der Waals surface area contributed by atoms with E-state index >= 15 is 0 Å². The molecule has 0 amide bonds. The molecule has 0 heterocycles. The van der Waals surface area contributed by atoms with E-state index in [0.717, 1.165) is 13.1 Å². The Morgan fingerprint density at radius 1 is 1.21 bits per heavy atom. The van der Waals surface area contributed by atoms with Gasteiger partial charge in [-0.15, -0.1) is 0 Å². The summed E-state index contributed by atoms with van der Waals surface area (Å²) in [5, 5.41) is 0. The number of likely N-dealkylation sites (N-methyl/N-ethyl adjacent to an activating group) is 2. The van der Waals surface area contributed by atoms with E-state index in [1.165, 1.54) is 24.1 Å². The molecule has 2 nitrogen and oxygen atoms in total. The van der Waals surface area contributed by atoms with Crippen molar-refractivity contribution in [3.05, 3.63) is 23.4 Å². The second-order valence-corrected chi connectivity index (χ2v) is 4.30. The van der Waals surface area contributed by atoms with Crippen LogP contribution in [0.1, 0.15) is 19.8 Å². The number of allylic oxidation sites excluding steroid dienone is 4. The molecule has 1 aliphatic carbocycles. The molecule has 14 heavy (non-hydrogen) atoms. The molecule has 0 aromatic rings. The predicted molar refractivity (Wildman–Crippen MR) is 62.3 cm³/mol. The van der Waals surface area contributed by atoms with E-state index in [1.807, 2.05) is 0 Å². The molecule has 2 heteroatoms. The summed E-state index contributed by atoms with van der Waals surface area (Å²) in [6.07, 6.45) is 6.90. The molecule has 0 aromatic carbocycles. The van der Waals surface area contributed by atoms with Crippen molar-refractivity contribution in [2.24, 2.45) is 0 Å². The first-order valence-electron chi connectivity index (χ1n) is 5.33. The second kappa shape index (κ2) is 5.20. The fourth-order valence-corrected chi connectivity index (χ4v) is 1.75. The first-order chi connectivity index (χ1) is 6.61. The molecular formula is C12H22N2. The lowest BCUT2D eigenvalue weighted by Crippen LogP contribution is -2.29. The molecule has 0 aromatic heterocycles. The zero-order chi connectivity index (χ0) is 10.6. The quantitative estimate of drug-likeness (QED) is 0.676. The van der Waals surface area contributed by atoms with Gasteiger partial charge in [-0.05, 0) is 39.4 Å². The Labute approximate surface area is 87.9 Å². The fourth-order valence-electron chi connectivity index (χ4n) is 1.75. The highest BCUT2D eigenvalue weighted by atomic mass is 15.2. The Balaban J connectivity index is 2.50. The number of hydrogen-bond acceptors (Lipinski definition) is 2. The van der Waals surface area contributed by atoms with Gasteiger partial charge in [-0.2, -0.15) is 0 Å². The van der Waals surface area contributed by atoms with Crippen LogP contribution in [0.15, 0.2) is 23.4 Å². The summed E-state index contributed by atoms with van der Waals surface area (Å²) in [6, 6.07) is 0. The lowest BCUT2D eigenvalue weighted by atomic mass is 10.0. The van der Waals surface area contributed by atoms with E-state index < -0.39 is 0 Å². The van der Waals surface area contributed by atoms with Crippen molar-refractivity contribution < 1.29 is 0 Å². The van der Waals surface area contributed by atoms with E-state index in [0.29, 0.717) is 0 Å². The van der Waals surface area contributed by atoms with Crippen LogP contribution in [-0.2, 0) is 0 Å². The maximum atomic E-state index is 2.39. The van der Waals surface area contributed by atoms with Crippen molar-refractivity contribution in [2.45, 2.75) is 19.8 Å². The summed E-state index contributed by atoms with van der Waals surface area (Å²) >= 11 is 0. The van der Waals surface area contributed by atoms with Gasteiger partial charge in [0, 0.05) is 25.8 Å². The minimum absolute atomic E-state index is 1.12. The minimum atomic E-state index is 1.12. The molecular weight excluding hydrogens is 172 g/mol. The van der Waals surface area contributed by atoms with Gasteiger partial charge in [-0.3, -0.25) is 0 Å². The smallest absolute Gasteiger partial charge is 0.0299 e. The zero-order valence-electron chi connectivity index (χ0n) is 9.88. The van der Waals surface area contributed by atoms with Gasteiger partial charge >= 0.3 is 0 Å². The van der Waals surface area contributed by atoms with Crippen LogP contribution in [0.3, 0.4) is 0 Å². The van der Waals surface area contributed by atoms with E-state index in [9.17, 15) is 0 Å². The Bertz CT molecular complexity index is 239. The molecule has 0 bridgehead atoms. The Hall–Kier alpha value is -0.760. The summed E-state index contributed by atoms with van der Waals surface area (Å²) < 4.78 is 0. The Morgan fingerprint density at radius 2 is 1.93 bits per heavy atom. The second-order valence-electron chi connectivity index (χ2n) is 4.30. The zero-order valence-corrected chi connectivity index (χ0v) is 9.88. The highest BCUT2D eigenvalue weighted by molar-refractivity contribution is 5.26. The van der Waals surface area contributed by atoms with E-state index in [1.54, 1.807) is 0 Å². The van der Waals surface area contributed by atoms with Crippen LogP contribution in [-0.4, -0.2) is 44.0 Å². The van der Waals surface area contributed by atoms with Crippen molar-refractivity contribution in [2.75, 3.05) is 34.2 Å². The topological polar surface area (TPSA) is 6.48 Å². The van der Waals surface area contributed by atoms with E-state index in [2.05, 4.69) is 50.0 Å². The van der Waals surface area contributed by atoms with Gasteiger partial charge in [0.05, 0.1) is 0 Å². The van der Waals surface area contributed by atoms with Gasteiger partial charge in [-0.25, -0.2) is 0 Å². The number of hydrogen-bond donors (Lipinski definition) is 0. The highest BCUT2D eigenvalue weighted by Crippen LogP contribution is 2.20. The van der Waals surface area contributed by atoms with Crippen LogP contribution in [0.5, 0.6) is 0 Å². The third kappa shape index (κ3) is 3.18. The standard InChI is InChI=1S/C12H22N2/c1-11-7-5-6-8-12(11)14(4)10-9-13(2)3/h5,7H,6,8-10H2,1-4H3. The molecule has 0 unspecified atom stereocenters. The van der Waals surface area contributed by atoms with Crippen LogP contribution in [0, 0.1) is 0 Å². The third-order valence-electron chi connectivity index (χ3n) is 2.71. The largest absolute Gasteiger partial charge is 0.376 e. The van der Waals surface area contributed by atoms with E-state index in [-0.39, 0.29) is 0 Å². The fraction of sp³-hybridized carbons (Fsp3) is 0.667. The summed E-state index contributed by atoms with van der Waals surface area (Å²) in [5.41, 5.74) is 2.94. The molecule has 1 rings (SSSR count). The van der Waals surface area contributed by atoms with Crippen LogP contribution >= 0.6 is 0 Å². The van der Waals surface area contributed by atoms with Gasteiger partial charge in [-0.1, -0.05) is 12.2 Å². The van der Waals surface area contributed by atoms with Crippen LogP contribution in [0.4, 0.5) is 0 Å². The van der Waals surface area contributed by atoms with Gasteiger partial charge in [0.2, 0.25) is 0 Å². The van der Waals surface area contributed by atoms with Gasteiger partial charge in [0.1, 0.15) is 0 Å². The summed E-state index contributed by atoms with van der Waals surface area (Å²) in [6.45, 7) is 4.45.